The zero-order valence-corrected chi connectivity index (χ0v) is 17.9. The smallest absolute Gasteiger partial charge is 0.323 e. The lowest BCUT2D eigenvalue weighted by Crippen LogP contribution is -2.37. The Morgan fingerprint density at radius 2 is 1.67 bits per heavy atom. The maximum atomic E-state index is 12.3. The van der Waals surface area contributed by atoms with Crippen molar-refractivity contribution in [2.45, 2.75) is 32.9 Å². The van der Waals surface area contributed by atoms with E-state index in [2.05, 4.69) is 21.3 Å². The Bertz CT molecular complexity index is 988. The van der Waals surface area contributed by atoms with Crippen molar-refractivity contribution in [2.24, 2.45) is 0 Å². The molecule has 0 saturated carbocycles. The number of nitrogens with one attached hydrogen (secondary N) is 4. The van der Waals surface area contributed by atoms with E-state index in [0.29, 0.717) is 12.2 Å². The van der Waals surface area contributed by atoms with Gasteiger partial charge in [0.25, 0.3) is 0 Å². The summed E-state index contributed by atoms with van der Waals surface area (Å²) in [4.78, 5) is 25.7. The van der Waals surface area contributed by atoms with E-state index in [1.54, 1.807) is 11.3 Å². The second kappa shape index (κ2) is 10.5. The lowest BCUT2D eigenvalue weighted by atomic mass is 10.2. The molecule has 3 aromatic rings. The molecule has 1 heterocycles. The summed E-state index contributed by atoms with van der Waals surface area (Å²) in [5.74, 6) is 0. The first-order valence-corrected chi connectivity index (χ1v) is 10.7. The molecule has 6 nitrogen and oxygen atoms in total. The van der Waals surface area contributed by atoms with Gasteiger partial charge >= 0.3 is 12.1 Å². The molecule has 30 heavy (non-hydrogen) atoms. The van der Waals surface area contributed by atoms with Gasteiger partial charge in [-0.2, -0.15) is 0 Å². The molecule has 4 N–H and O–H groups in total. The van der Waals surface area contributed by atoms with Gasteiger partial charge in [0.1, 0.15) is 0 Å². The fourth-order valence-corrected chi connectivity index (χ4v) is 3.89. The SMILES string of the molecule is CC[C@@H](NC(=O)NCc1cccc(NC(=O)Nc2cccc(C)c2)c1)c1cccs1. The molecule has 7 heteroatoms. The monoisotopic (exact) mass is 422 g/mol. The largest absolute Gasteiger partial charge is 0.334 e. The van der Waals surface area contributed by atoms with Crippen LogP contribution < -0.4 is 21.3 Å². The van der Waals surface area contributed by atoms with E-state index in [9.17, 15) is 9.59 Å². The van der Waals surface area contributed by atoms with Gasteiger partial charge in [0.05, 0.1) is 6.04 Å². The number of hydrogen-bond donors (Lipinski definition) is 4. The summed E-state index contributed by atoms with van der Waals surface area (Å²) in [6, 6.07) is 18.5. The molecule has 0 bridgehead atoms. The third-order valence-corrected chi connectivity index (χ3v) is 5.50. The van der Waals surface area contributed by atoms with Crippen LogP contribution >= 0.6 is 11.3 Å². The minimum atomic E-state index is -0.315. The second-order valence-corrected chi connectivity index (χ2v) is 7.93. The Balaban J connectivity index is 1.51. The van der Waals surface area contributed by atoms with Crippen LogP contribution in [0.25, 0.3) is 0 Å². The molecule has 0 radical (unpaired) electrons. The fourth-order valence-electron chi connectivity index (χ4n) is 3.03. The van der Waals surface area contributed by atoms with Crippen molar-refractivity contribution in [1.82, 2.24) is 10.6 Å². The van der Waals surface area contributed by atoms with E-state index < -0.39 is 0 Å². The number of amides is 4. The molecule has 1 atom stereocenters. The molecular weight excluding hydrogens is 396 g/mol. The molecule has 2 aromatic carbocycles. The van der Waals surface area contributed by atoms with Gasteiger partial charge < -0.3 is 21.3 Å². The second-order valence-electron chi connectivity index (χ2n) is 6.95. The van der Waals surface area contributed by atoms with Crippen LogP contribution in [-0.4, -0.2) is 12.1 Å². The minimum absolute atomic E-state index is 0.00307. The van der Waals surface area contributed by atoms with Crippen LogP contribution in [0.15, 0.2) is 66.0 Å². The molecule has 0 aliphatic carbocycles. The normalized spacial score (nSPS) is 11.4. The highest BCUT2D eigenvalue weighted by Crippen LogP contribution is 2.21. The number of carbonyl (C=O) groups excluding carboxylic acids is 2. The van der Waals surface area contributed by atoms with Gasteiger partial charge in [0, 0.05) is 22.8 Å². The predicted octanol–water partition coefficient (Wildman–Crippen LogP) is 5.65. The summed E-state index contributed by atoms with van der Waals surface area (Å²) in [5.41, 5.74) is 3.36. The average molecular weight is 423 g/mol. The highest BCUT2D eigenvalue weighted by Gasteiger charge is 2.13. The number of thiophene rings is 1. The van der Waals surface area contributed by atoms with Crippen molar-refractivity contribution in [3.8, 4) is 0 Å². The van der Waals surface area contributed by atoms with Crippen LogP contribution in [0.1, 0.15) is 35.4 Å². The molecule has 0 saturated heterocycles. The first kappa shape index (κ1) is 21.4. The highest BCUT2D eigenvalue weighted by atomic mass is 32.1. The van der Waals surface area contributed by atoms with Gasteiger partial charge in [-0.1, -0.05) is 37.3 Å². The summed E-state index contributed by atoms with van der Waals surface area (Å²) < 4.78 is 0. The van der Waals surface area contributed by atoms with Gasteiger partial charge in [-0.25, -0.2) is 9.59 Å². The summed E-state index contributed by atoms with van der Waals surface area (Å²) in [7, 11) is 0. The van der Waals surface area contributed by atoms with E-state index in [0.717, 1.165) is 28.1 Å². The first-order valence-electron chi connectivity index (χ1n) is 9.85. The van der Waals surface area contributed by atoms with Crippen molar-refractivity contribution < 1.29 is 9.59 Å². The van der Waals surface area contributed by atoms with Crippen molar-refractivity contribution in [1.29, 1.82) is 0 Å². The van der Waals surface area contributed by atoms with E-state index in [1.165, 1.54) is 0 Å². The van der Waals surface area contributed by atoms with Crippen LogP contribution in [-0.2, 0) is 6.54 Å². The average Bonchev–Trinajstić information content (AvgIpc) is 3.25. The summed E-state index contributed by atoms with van der Waals surface area (Å²) in [6.45, 7) is 4.38. The predicted molar refractivity (Wildman–Crippen MR) is 123 cm³/mol. The van der Waals surface area contributed by atoms with Crippen LogP contribution in [0.4, 0.5) is 21.0 Å². The molecular formula is C23H26N4O2S. The third kappa shape index (κ3) is 6.35. The van der Waals surface area contributed by atoms with Gasteiger partial charge in [-0.15, -0.1) is 11.3 Å². The molecule has 1 aromatic heterocycles. The number of hydrogen-bond acceptors (Lipinski definition) is 3. The lowest BCUT2D eigenvalue weighted by molar-refractivity contribution is 0.236. The molecule has 0 aliphatic heterocycles. The van der Waals surface area contributed by atoms with Crippen LogP contribution in [0.3, 0.4) is 0 Å². The lowest BCUT2D eigenvalue weighted by Gasteiger charge is -2.16. The zero-order valence-electron chi connectivity index (χ0n) is 17.1. The maximum Gasteiger partial charge on any atom is 0.323 e. The highest BCUT2D eigenvalue weighted by molar-refractivity contribution is 7.10. The van der Waals surface area contributed by atoms with Crippen molar-refractivity contribution in [3.63, 3.8) is 0 Å². The van der Waals surface area contributed by atoms with Crippen molar-refractivity contribution in [3.05, 3.63) is 82.0 Å². The van der Waals surface area contributed by atoms with Gasteiger partial charge in [-0.3, -0.25) is 0 Å². The zero-order chi connectivity index (χ0) is 21.3. The fraction of sp³-hybridized carbons (Fsp3) is 0.217. The summed E-state index contributed by atoms with van der Waals surface area (Å²) in [6.07, 6.45) is 0.823. The Morgan fingerprint density at radius 1 is 0.933 bits per heavy atom. The quantitative estimate of drug-likeness (QED) is 0.397. The number of carbonyl (C=O) groups is 2. The summed E-state index contributed by atoms with van der Waals surface area (Å²) in [5, 5.41) is 13.5. The Labute approximate surface area is 180 Å². The molecule has 156 valence electrons. The van der Waals surface area contributed by atoms with Crippen molar-refractivity contribution >= 4 is 34.8 Å². The molecule has 4 amide bonds. The third-order valence-electron chi connectivity index (χ3n) is 4.51. The van der Waals surface area contributed by atoms with E-state index in [4.69, 9.17) is 0 Å². The standard InChI is InChI=1S/C23H26N4O2S/c1-3-20(21-11-6-12-30-21)27-22(28)24-15-17-8-5-10-19(14-17)26-23(29)25-18-9-4-7-16(2)13-18/h4-14,20H,3,15H2,1-2H3,(H2,24,27,28)(H2,25,26,29)/t20-/m1/s1. The molecule has 0 fully saturated rings. The van der Waals surface area contributed by atoms with Crippen LogP contribution in [0.5, 0.6) is 0 Å². The maximum absolute atomic E-state index is 12.3. The topological polar surface area (TPSA) is 82.3 Å². The first-order chi connectivity index (χ1) is 14.5. The number of aryl methyl sites for hydroxylation is 1. The van der Waals surface area contributed by atoms with Gasteiger partial charge in [-0.05, 0) is 60.2 Å². The Hall–Kier alpha value is -3.32. The molecule has 0 spiro atoms. The number of urea groups is 2. The van der Waals surface area contributed by atoms with E-state index >= 15 is 0 Å². The number of benzene rings is 2. The Morgan fingerprint density at radius 3 is 2.33 bits per heavy atom. The van der Waals surface area contributed by atoms with E-state index in [1.807, 2.05) is 79.9 Å². The minimum Gasteiger partial charge on any atom is -0.334 e. The van der Waals surface area contributed by atoms with Gasteiger partial charge in [0.15, 0.2) is 0 Å². The van der Waals surface area contributed by atoms with Gasteiger partial charge in [0.2, 0.25) is 0 Å². The van der Waals surface area contributed by atoms with Crippen LogP contribution in [0.2, 0.25) is 0 Å². The summed E-state index contributed by atoms with van der Waals surface area (Å²) >= 11 is 1.63. The number of rotatable bonds is 7. The molecule has 0 aliphatic rings. The van der Waals surface area contributed by atoms with E-state index in [-0.39, 0.29) is 18.1 Å². The van der Waals surface area contributed by atoms with Crippen LogP contribution in [0, 0.1) is 6.92 Å². The molecule has 3 rings (SSSR count). The number of anilines is 2. The molecule has 0 unspecified atom stereocenters. The Kier molecular flexibility index (Phi) is 7.45. The van der Waals surface area contributed by atoms with Crippen molar-refractivity contribution in [2.75, 3.05) is 10.6 Å².